The number of aromatic nitrogens is 6. The summed E-state index contributed by atoms with van der Waals surface area (Å²) in [5, 5.41) is 24.8. The first kappa shape index (κ1) is 20.3. The van der Waals surface area contributed by atoms with Gasteiger partial charge in [0.2, 0.25) is 5.91 Å². The zero-order valence-corrected chi connectivity index (χ0v) is 17.2. The number of nitrogens with zero attached hydrogens (tertiary/aromatic N) is 6. The fourth-order valence-electron chi connectivity index (χ4n) is 3.08. The Morgan fingerprint density at radius 1 is 1.17 bits per heavy atom. The van der Waals surface area contributed by atoms with E-state index < -0.39 is 12.0 Å². The number of anilines is 1. The Labute approximate surface area is 168 Å². The van der Waals surface area contributed by atoms with Gasteiger partial charge >= 0.3 is 5.97 Å². The molecule has 10 heteroatoms. The summed E-state index contributed by atoms with van der Waals surface area (Å²) < 4.78 is 5.06. The fraction of sp³-hybridized carbons (Fsp3) is 0.421. The molecule has 0 bridgehead atoms. The van der Waals surface area contributed by atoms with Crippen molar-refractivity contribution in [2.75, 3.05) is 5.32 Å². The number of hydrogen-bond donors (Lipinski definition) is 2. The molecule has 0 aliphatic rings. The molecule has 1 atom stereocenters. The Morgan fingerprint density at radius 3 is 2.48 bits per heavy atom. The van der Waals surface area contributed by atoms with Crippen LogP contribution in [0.15, 0.2) is 18.5 Å². The second-order valence-corrected chi connectivity index (χ2v) is 6.95. The third-order valence-electron chi connectivity index (χ3n) is 4.93. The number of rotatable bonds is 7. The van der Waals surface area contributed by atoms with Gasteiger partial charge in [0.25, 0.3) is 0 Å². The van der Waals surface area contributed by atoms with E-state index in [1.165, 1.54) is 16.9 Å². The molecular weight excluding hydrogens is 374 g/mol. The van der Waals surface area contributed by atoms with Crippen molar-refractivity contribution >= 4 is 17.6 Å². The van der Waals surface area contributed by atoms with Crippen LogP contribution < -0.4 is 5.32 Å². The largest absolute Gasteiger partial charge is 0.476 e. The van der Waals surface area contributed by atoms with E-state index in [1.54, 1.807) is 6.92 Å². The summed E-state index contributed by atoms with van der Waals surface area (Å²) in [5.74, 6) is -1.43. The van der Waals surface area contributed by atoms with Crippen molar-refractivity contribution < 1.29 is 14.7 Å². The van der Waals surface area contributed by atoms with Crippen LogP contribution in [0.25, 0.3) is 0 Å². The van der Waals surface area contributed by atoms with Crippen molar-refractivity contribution in [2.45, 2.75) is 53.8 Å². The summed E-state index contributed by atoms with van der Waals surface area (Å²) in [6.07, 6.45) is 3.48. The number of aryl methyl sites for hydroxylation is 3. The lowest BCUT2D eigenvalue weighted by Gasteiger charge is -2.13. The molecule has 0 aliphatic heterocycles. The van der Waals surface area contributed by atoms with Gasteiger partial charge in [0.1, 0.15) is 6.04 Å². The molecule has 1 amide bonds. The van der Waals surface area contributed by atoms with E-state index in [-0.39, 0.29) is 11.6 Å². The van der Waals surface area contributed by atoms with E-state index in [2.05, 4.69) is 20.6 Å². The maximum absolute atomic E-state index is 12.7. The van der Waals surface area contributed by atoms with Gasteiger partial charge in [0.05, 0.1) is 29.3 Å². The molecule has 0 aliphatic carbocycles. The molecule has 0 spiro atoms. The quantitative estimate of drug-likeness (QED) is 0.628. The summed E-state index contributed by atoms with van der Waals surface area (Å²) >= 11 is 0. The highest BCUT2D eigenvalue weighted by molar-refractivity contribution is 5.94. The van der Waals surface area contributed by atoms with Crippen molar-refractivity contribution in [2.24, 2.45) is 0 Å². The zero-order valence-electron chi connectivity index (χ0n) is 17.2. The van der Waals surface area contributed by atoms with Gasteiger partial charge in [-0.25, -0.2) is 4.79 Å². The van der Waals surface area contributed by atoms with E-state index in [0.717, 1.165) is 23.5 Å². The van der Waals surface area contributed by atoms with Crippen LogP contribution in [0.4, 0.5) is 5.69 Å². The van der Waals surface area contributed by atoms with Gasteiger partial charge in [-0.15, -0.1) is 0 Å². The number of carbonyl (C=O) groups excluding carboxylic acids is 1. The third kappa shape index (κ3) is 4.05. The number of nitrogens with one attached hydrogen (secondary N) is 1. The first-order valence-corrected chi connectivity index (χ1v) is 9.37. The minimum atomic E-state index is -1.13. The van der Waals surface area contributed by atoms with E-state index in [4.69, 9.17) is 5.11 Å². The molecule has 0 saturated heterocycles. The van der Waals surface area contributed by atoms with Crippen LogP contribution in [-0.4, -0.2) is 46.3 Å². The maximum atomic E-state index is 12.7. The fourth-order valence-corrected chi connectivity index (χ4v) is 3.08. The van der Waals surface area contributed by atoms with Crippen molar-refractivity contribution in [1.82, 2.24) is 29.3 Å². The van der Waals surface area contributed by atoms with Crippen molar-refractivity contribution in [3.63, 3.8) is 0 Å². The molecule has 29 heavy (non-hydrogen) atoms. The highest BCUT2D eigenvalue weighted by Crippen LogP contribution is 2.22. The van der Waals surface area contributed by atoms with Gasteiger partial charge < -0.3 is 10.4 Å². The van der Waals surface area contributed by atoms with E-state index in [0.29, 0.717) is 17.9 Å². The second kappa shape index (κ2) is 7.90. The number of amides is 1. The van der Waals surface area contributed by atoms with E-state index in [1.807, 2.05) is 43.3 Å². The highest BCUT2D eigenvalue weighted by atomic mass is 16.4. The molecule has 0 radical (unpaired) electrons. The van der Waals surface area contributed by atoms with Crippen LogP contribution in [0.1, 0.15) is 53.0 Å². The molecular formula is C19H25N7O3. The summed E-state index contributed by atoms with van der Waals surface area (Å²) in [4.78, 5) is 23.7. The Hall–Kier alpha value is -3.43. The molecule has 10 nitrogen and oxygen atoms in total. The van der Waals surface area contributed by atoms with Gasteiger partial charge in [0.15, 0.2) is 5.69 Å². The standard InChI is InChI=1S/C19H25N7O3/c1-6-24-9-15(11(2)21-24)10-26-13(4)17(12(3)22-26)20-18(27)14(5)25-8-7-16(23-25)19(28)29/h7-9,14H,6,10H2,1-5H3,(H,20,27)(H,28,29). The smallest absolute Gasteiger partial charge is 0.356 e. The Bertz CT molecular complexity index is 1060. The maximum Gasteiger partial charge on any atom is 0.356 e. The highest BCUT2D eigenvalue weighted by Gasteiger charge is 2.21. The molecule has 3 aromatic rings. The van der Waals surface area contributed by atoms with Gasteiger partial charge in [-0.3, -0.25) is 18.8 Å². The van der Waals surface area contributed by atoms with Gasteiger partial charge in [-0.1, -0.05) is 0 Å². The minimum Gasteiger partial charge on any atom is -0.476 e. The number of hydrogen-bond acceptors (Lipinski definition) is 5. The van der Waals surface area contributed by atoms with Gasteiger partial charge in [-0.05, 0) is 40.7 Å². The molecule has 0 fully saturated rings. The van der Waals surface area contributed by atoms with E-state index >= 15 is 0 Å². The molecule has 3 heterocycles. The summed E-state index contributed by atoms with van der Waals surface area (Å²) in [6, 6.07) is 0.690. The topological polar surface area (TPSA) is 120 Å². The van der Waals surface area contributed by atoms with Gasteiger partial charge in [-0.2, -0.15) is 15.3 Å². The monoisotopic (exact) mass is 399 g/mol. The summed E-state index contributed by atoms with van der Waals surface area (Å²) in [7, 11) is 0. The Balaban J connectivity index is 1.77. The average molecular weight is 399 g/mol. The zero-order chi connectivity index (χ0) is 21.3. The lowest BCUT2D eigenvalue weighted by molar-refractivity contribution is -0.119. The molecule has 3 rings (SSSR count). The number of aromatic carboxylic acids is 1. The van der Waals surface area contributed by atoms with Crippen LogP contribution in [0.3, 0.4) is 0 Å². The van der Waals surface area contributed by atoms with Crippen molar-refractivity contribution in [1.29, 1.82) is 0 Å². The SMILES string of the molecule is CCn1cc(Cn2nc(C)c(NC(=O)C(C)n3ccc(C(=O)O)n3)c2C)c(C)n1. The number of carbonyl (C=O) groups is 2. The van der Waals surface area contributed by atoms with Crippen LogP contribution in [-0.2, 0) is 17.9 Å². The molecule has 154 valence electrons. The van der Waals surface area contributed by atoms with Crippen LogP contribution in [0.5, 0.6) is 0 Å². The predicted molar refractivity (Wildman–Crippen MR) is 106 cm³/mol. The summed E-state index contributed by atoms with van der Waals surface area (Å²) in [6.45, 7) is 10.8. The Kier molecular flexibility index (Phi) is 5.53. The third-order valence-corrected chi connectivity index (χ3v) is 4.93. The average Bonchev–Trinajstić information content (AvgIpc) is 3.36. The molecule has 1 unspecified atom stereocenters. The normalized spacial score (nSPS) is 12.2. The van der Waals surface area contributed by atoms with E-state index in [9.17, 15) is 9.59 Å². The first-order valence-electron chi connectivity index (χ1n) is 9.37. The first-order chi connectivity index (χ1) is 13.7. The Morgan fingerprint density at radius 2 is 1.90 bits per heavy atom. The molecule has 2 N–H and O–H groups in total. The van der Waals surface area contributed by atoms with Crippen molar-refractivity contribution in [3.05, 3.63) is 46.8 Å². The molecule has 3 aromatic heterocycles. The van der Waals surface area contributed by atoms with Crippen LogP contribution >= 0.6 is 0 Å². The minimum absolute atomic E-state index is 0.104. The van der Waals surface area contributed by atoms with Crippen molar-refractivity contribution in [3.8, 4) is 0 Å². The second-order valence-electron chi connectivity index (χ2n) is 6.95. The lowest BCUT2D eigenvalue weighted by atomic mass is 10.2. The molecule has 0 saturated carbocycles. The van der Waals surface area contributed by atoms with Gasteiger partial charge in [0, 0.05) is 24.5 Å². The van der Waals surface area contributed by atoms with Crippen LogP contribution in [0.2, 0.25) is 0 Å². The number of carboxylic acid groups (broad SMARTS) is 1. The summed E-state index contributed by atoms with van der Waals surface area (Å²) in [5.41, 5.74) is 4.10. The number of carboxylic acids is 1. The van der Waals surface area contributed by atoms with Crippen LogP contribution in [0, 0.1) is 20.8 Å². The molecule has 0 aromatic carbocycles. The lowest BCUT2D eigenvalue weighted by Crippen LogP contribution is -2.25. The predicted octanol–water partition coefficient (Wildman–Crippen LogP) is 2.17.